The van der Waals surface area contributed by atoms with Crippen LogP contribution in [-0.2, 0) is 16.2 Å². The first-order valence-electron chi connectivity index (χ1n) is 11.1. The van der Waals surface area contributed by atoms with Crippen LogP contribution in [0.5, 0.6) is 5.75 Å². The summed E-state index contributed by atoms with van der Waals surface area (Å²) in [6, 6.07) is 8.88. The van der Waals surface area contributed by atoms with Gasteiger partial charge in [0.25, 0.3) is 0 Å². The summed E-state index contributed by atoms with van der Waals surface area (Å²) in [5, 5.41) is 7.55. The number of rotatable bonds is 7. The van der Waals surface area contributed by atoms with Gasteiger partial charge in [0.2, 0.25) is 0 Å². The average molecular weight is 420 g/mol. The normalized spacial score (nSPS) is 25.4. The number of hydrogen-bond acceptors (Lipinski definition) is 3. The topological polar surface area (TPSA) is 62.7 Å². The molecule has 0 saturated heterocycles. The molecule has 2 aliphatic carbocycles. The molecule has 162 valence electrons. The molecule has 2 fully saturated rings. The van der Waals surface area contributed by atoms with Gasteiger partial charge in [0.15, 0.2) is 5.96 Å². The molecule has 1 aromatic rings. The molecule has 0 spiro atoms. The van der Waals surface area contributed by atoms with E-state index in [2.05, 4.69) is 33.8 Å². The molecular formula is C23H37N3O2S. The van der Waals surface area contributed by atoms with E-state index in [0.717, 1.165) is 49.7 Å². The van der Waals surface area contributed by atoms with Crippen LogP contribution in [0, 0.1) is 0 Å². The fraction of sp³-hybridized carbons (Fsp3) is 0.696. The van der Waals surface area contributed by atoms with Gasteiger partial charge in [0, 0.05) is 46.9 Å². The Balaban J connectivity index is 1.63. The first-order valence-corrected chi connectivity index (χ1v) is 12.5. The van der Waals surface area contributed by atoms with E-state index in [4.69, 9.17) is 4.74 Å². The van der Waals surface area contributed by atoms with Crippen LogP contribution >= 0.6 is 0 Å². The first kappa shape index (κ1) is 22.1. The maximum absolute atomic E-state index is 12.2. The molecule has 0 aromatic heterocycles. The zero-order valence-electron chi connectivity index (χ0n) is 18.2. The monoisotopic (exact) mass is 419 g/mol. The van der Waals surface area contributed by atoms with Crippen molar-refractivity contribution >= 4 is 16.8 Å². The van der Waals surface area contributed by atoms with Gasteiger partial charge in [-0.3, -0.25) is 9.20 Å². The predicted octanol–water partition coefficient (Wildman–Crippen LogP) is 3.75. The van der Waals surface area contributed by atoms with Crippen LogP contribution in [0.3, 0.4) is 0 Å². The number of ether oxygens (including phenoxy) is 1. The van der Waals surface area contributed by atoms with Gasteiger partial charge < -0.3 is 15.4 Å². The fourth-order valence-corrected chi connectivity index (χ4v) is 6.31. The van der Waals surface area contributed by atoms with Crippen molar-refractivity contribution in [1.29, 1.82) is 0 Å². The third-order valence-electron chi connectivity index (χ3n) is 6.68. The lowest BCUT2D eigenvalue weighted by atomic mass is 9.78. The van der Waals surface area contributed by atoms with Gasteiger partial charge in [-0.15, -0.1) is 0 Å². The Morgan fingerprint density at radius 3 is 2.76 bits per heavy atom. The smallest absolute Gasteiger partial charge is 0.191 e. The molecule has 2 saturated carbocycles. The second kappa shape index (κ2) is 10.5. The van der Waals surface area contributed by atoms with E-state index in [1.54, 1.807) is 7.11 Å². The van der Waals surface area contributed by atoms with E-state index in [1.165, 1.54) is 31.2 Å². The molecule has 29 heavy (non-hydrogen) atoms. The fourth-order valence-electron chi connectivity index (χ4n) is 4.96. The lowest BCUT2D eigenvalue weighted by Gasteiger charge is -2.33. The Kier molecular flexibility index (Phi) is 7.99. The quantitative estimate of drug-likeness (QED) is 0.522. The molecule has 2 aliphatic rings. The molecule has 3 rings (SSSR count). The molecule has 0 amide bonds. The van der Waals surface area contributed by atoms with E-state index in [1.807, 2.05) is 20.0 Å². The molecule has 0 radical (unpaired) electrons. The van der Waals surface area contributed by atoms with Gasteiger partial charge in [0.1, 0.15) is 5.75 Å². The van der Waals surface area contributed by atoms with Crippen molar-refractivity contribution in [2.75, 3.05) is 26.5 Å². The van der Waals surface area contributed by atoms with Gasteiger partial charge >= 0.3 is 0 Å². The Morgan fingerprint density at radius 2 is 2.07 bits per heavy atom. The second-order valence-electron chi connectivity index (χ2n) is 8.44. The van der Waals surface area contributed by atoms with E-state index in [9.17, 15) is 4.21 Å². The number of guanidine groups is 1. The van der Waals surface area contributed by atoms with Crippen molar-refractivity contribution in [3.63, 3.8) is 0 Å². The van der Waals surface area contributed by atoms with Crippen molar-refractivity contribution in [1.82, 2.24) is 10.6 Å². The zero-order chi connectivity index (χ0) is 20.7. The third-order valence-corrected chi connectivity index (χ3v) is 8.42. The molecule has 5 nitrogen and oxygen atoms in total. The molecular weight excluding hydrogens is 382 g/mol. The molecule has 3 atom stereocenters. The van der Waals surface area contributed by atoms with Crippen molar-refractivity contribution in [3.8, 4) is 5.75 Å². The van der Waals surface area contributed by atoms with Crippen LogP contribution in [0.1, 0.15) is 63.9 Å². The Labute approximate surface area is 178 Å². The van der Waals surface area contributed by atoms with Crippen LogP contribution in [0.2, 0.25) is 0 Å². The maximum Gasteiger partial charge on any atom is 0.191 e. The molecule has 2 N–H and O–H groups in total. The zero-order valence-corrected chi connectivity index (χ0v) is 19.0. The Bertz CT molecular complexity index is 716. The highest BCUT2D eigenvalue weighted by Gasteiger charge is 2.36. The third kappa shape index (κ3) is 5.53. The van der Waals surface area contributed by atoms with Crippen LogP contribution in [0.25, 0.3) is 0 Å². The number of nitrogens with one attached hydrogen (secondary N) is 2. The summed E-state index contributed by atoms with van der Waals surface area (Å²) >= 11 is 0. The molecule has 0 aliphatic heterocycles. The van der Waals surface area contributed by atoms with E-state index in [0.29, 0.717) is 11.3 Å². The minimum Gasteiger partial charge on any atom is -0.497 e. The van der Waals surface area contributed by atoms with Crippen molar-refractivity contribution in [2.24, 2.45) is 4.99 Å². The summed E-state index contributed by atoms with van der Waals surface area (Å²) in [6.45, 7) is 2.89. The Hall–Kier alpha value is -1.56. The van der Waals surface area contributed by atoms with Crippen molar-refractivity contribution < 1.29 is 8.95 Å². The maximum atomic E-state index is 12.2. The van der Waals surface area contributed by atoms with Crippen LogP contribution < -0.4 is 15.4 Å². The number of nitrogens with zero attached hydrogens (tertiary/aromatic N) is 1. The van der Waals surface area contributed by atoms with Gasteiger partial charge in [-0.05, 0) is 49.8 Å². The van der Waals surface area contributed by atoms with Crippen LogP contribution in [-0.4, -0.2) is 47.9 Å². The number of aliphatic imine (C=N–C) groups is 1. The van der Waals surface area contributed by atoms with E-state index in [-0.39, 0.29) is 5.41 Å². The summed E-state index contributed by atoms with van der Waals surface area (Å²) in [5.74, 6) is 2.55. The number of benzene rings is 1. The number of hydrogen-bond donors (Lipinski definition) is 2. The highest BCUT2D eigenvalue weighted by atomic mass is 32.2. The van der Waals surface area contributed by atoms with Crippen molar-refractivity contribution in [2.45, 2.75) is 75.0 Å². The molecule has 0 bridgehead atoms. The lowest BCUT2D eigenvalue weighted by molar-refractivity contribution is 0.397. The van der Waals surface area contributed by atoms with Crippen LogP contribution in [0.15, 0.2) is 29.3 Å². The number of methoxy groups -OCH3 is 1. The lowest BCUT2D eigenvalue weighted by Crippen LogP contribution is -2.49. The molecule has 6 heteroatoms. The van der Waals surface area contributed by atoms with Gasteiger partial charge in [0.05, 0.1) is 7.11 Å². The highest BCUT2D eigenvalue weighted by molar-refractivity contribution is 7.85. The molecule has 0 heterocycles. The minimum atomic E-state index is -0.704. The first-order chi connectivity index (χ1) is 14.1. The van der Waals surface area contributed by atoms with Gasteiger partial charge in [-0.2, -0.15) is 0 Å². The summed E-state index contributed by atoms with van der Waals surface area (Å²) < 4.78 is 17.7. The predicted molar refractivity (Wildman–Crippen MR) is 122 cm³/mol. The highest BCUT2D eigenvalue weighted by Crippen LogP contribution is 2.41. The summed E-state index contributed by atoms with van der Waals surface area (Å²) in [5.41, 5.74) is 1.48. The van der Waals surface area contributed by atoms with Gasteiger partial charge in [-0.1, -0.05) is 38.3 Å². The van der Waals surface area contributed by atoms with E-state index >= 15 is 0 Å². The largest absolute Gasteiger partial charge is 0.497 e. The van der Waals surface area contributed by atoms with Crippen LogP contribution in [0.4, 0.5) is 0 Å². The summed E-state index contributed by atoms with van der Waals surface area (Å²) in [6.07, 6.45) is 9.22. The Morgan fingerprint density at radius 1 is 1.28 bits per heavy atom. The second-order valence-corrected chi connectivity index (χ2v) is 10.4. The SMILES string of the molecule is CCS(=O)C1CCCC(NC(=NC)NCC2(c3cccc(OC)c3)CCCC2)C1. The van der Waals surface area contributed by atoms with E-state index < -0.39 is 10.8 Å². The van der Waals surface area contributed by atoms with Crippen molar-refractivity contribution in [3.05, 3.63) is 29.8 Å². The summed E-state index contributed by atoms with van der Waals surface area (Å²) in [4.78, 5) is 4.49. The molecule has 1 aromatic carbocycles. The average Bonchev–Trinajstić information content (AvgIpc) is 3.26. The standard InChI is InChI=1S/C23H37N3O2S/c1-4-29(27)21-12-8-10-19(16-21)26-22(24-2)25-17-23(13-5-6-14-23)18-9-7-11-20(15-18)28-3/h7,9,11,15,19,21H,4-6,8,10,12-14,16-17H2,1-3H3,(H2,24,25,26). The molecule has 3 unspecified atom stereocenters. The summed E-state index contributed by atoms with van der Waals surface area (Å²) in [7, 11) is 2.87. The minimum absolute atomic E-state index is 0.130. The van der Waals surface area contributed by atoms with Gasteiger partial charge in [-0.25, -0.2) is 0 Å².